The van der Waals surface area contributed by atoms with Gasteiger partial charge in [0, 0.05) is 30.9 Å². The van der Waals surface area contributed by atoms with Crippen molar-refractivity contribution in [2.45, 2.75) is 19.5 Å². The van der Waals surface area contributed by atoms with E-state index < -0.39 is 0 Å². The third-order valence-electron chi connectivity index (χ3n) is 2.28. The van der Waals surface area contributed by atoms with Gasteiger partial charge in [-0.2, -0.15) is 0 Å². The summed E-state index contributed by atoms with van der Waals surface area (Å²) in [6.07, 6.45) is 4.03. The molecule has 0 bridgehead atoms. The SMILES string of the molecule is CC(CCl)NCc1cn2ccccc2n1. The predicted octanol–water partition coefficient (Wildman–Crippen LogP) is 2.05. The summed E-state index contributed by atoms with van der Waals surface area (Å²) < 4.78 is 2.02. The Morgan fingerprint density at radius 1 is 1.53 bits per heavy atom. The zero-order chi connectivity index (χ0) is 10.7. The number of nitrogens with one attached hydrogen (secondary N) is 1. The average Bonchev–Trinajstić information content (AvgIpc) is 2.68. The molecule has 0 saturated heterocycles. The molecule has 2 heterocycles. The molecule has 0 aliphatic carbocycles. The van der Waals surface area contributed by atoms with Crippen molar-refractivity contribution < 1.29 is 0 Å². The number of rotatable bonds is 4. The first kappa shape index (κ1) is 10.5. The molecule has 15 heavy (non-hydrogen) atoms. The first-order valence-electron chi connectivity index (χ1n) is 5.01. The van der Waals surface area contributed by atoms with Crippen LogP contribution in [0.1, 0.15) is 12.6 Å². The van der Waals surface area contributed by atoms with Crippen LogP contribution in [0.25, 0.3) is 5.65 Å². The van der Waals surface area contributed by atoms with Crippen molar-refractivity contribution >= 4 is 17.2 Å². The number of fused-ring (bicyclic) bond motifs is 1. The van der Waals surface area contributed by atoms with Gasteiger partial charge in [0.1, 0.15) is 5.65 Å². The fraction of sp³-hybridized carbons (Fsp3) is 0.364. The molecule has 0 aromatic carbocycles. The molecule has 0 amide bonds. The van der Waals surface area contributed by atoms with Gasteiger partial charge < -0.3 is 9.72 Å². The Morgan fingerprint density at radius 3 is 3.13 bits per heavy atom. The maximum Gasteiger partial charge on any atom is 0.137 e. The van der Waals surface area contributed by atoms with E-state index in [2.05, 4.69) is 17.2 Å². The van der Waals surface area contributed by atoms with Crippen LogP contribution in [0, 0.1) is 0 Å². The van der Waals surface area contributed by atoms with Crippen LogP contribution in [0.5, 0.6) is 0 Å². The molecule has 0 fully saturated rings. The van der Waals surface area contributed by atoms with Crippen LogP contribution in [-0.2, 0) is 6.54 Å². The fourth-order valence-electron chi connectivity index (χ4n) is 1.41. The highest BCUT2D eigenvalue weighted by Crippen LogP contribution is 2.04. The van der Waals surface area contributed by atoms with Gasteiger partial charge >= 0.3 is 0 Å². The lowest BCUT2D eigenvalue weighted by Crippen LogP contribution is -2.26. The quantitative estimate of drug-likeness (QED) is 0.804. The molecule has 1 atom stereocenters. The summed E-state index contributed by atoms with van der Waals surface area (Å²) >= 11 is 5.71. The highest BCUT2D eigenvalue weighted by molar-refractivity contribution is 6.18. The molecule has 1 unspecified atom stereocenters. The van der Waals surface area contributed by atoms with Crippen LogP contribution in [-0.4, -0.2) is 21.3 Å². The first-order chi connectivity index (χ1) is 7.29. The van der Waals surface area contributed by atoms with E-state index in [1.54, 1.807) is 0 Å². The van der Waals surface area contributed by atoms with Crippen LogP contribution >= 0.6 is 11.6 Å². The summed E-state index contributed by atoms with van der Waals surface area (Å²) in [5.41, 5.74) is 2.02. The molecule has 2 aromatic rings. The minimum Gasteiger partial charge on any atom is -0.307 e. The lowest BCUT2D eigenvalue weighted by Gasteiger charge is -2.07. The Bertz CT molecular complexity index is 405. The number of pyridine rings is 1. The van der Waals surface area contributed by atoms with Crippen molar-refractivity contribution in [1.29, 1.82) is 0 Å². The molecule has 2 rings (SSSR count). The third kappa shape index (κ3) is 2.49. The van der Waals surface area contributed by atoms with Gasteiger partial charge in [0.15, 0.2) is 0 Å². The summed E-state index contributed by atoms with van der Waals surface area (Å²) in [7, 11) is 0. The van der Waals surface area contributed by atoms with Gasteiger partial charge in [-0.1, -0.05) is 6.07 Å². The smallest absolute Gasteiger partial charge is 0.137 e. The van der Waals surface area contributed by atoms with Crippen molar-refractivity contribution in [1.82, 2.24) is 14.7 Å². The van der Waals surface area contributed by atoms with E-state index in [0.717, 1.165) is 17.9 Å². The minimum atomic E-state index is 0.316. The van der Waals surface area contributed by atoms with Crippen LogP contribution in [0.2, 0.25) is 0 Å². The molecule has 2 aromatic heterocycles. The molecule has 1 N–H and O–H groups in total. The maximum atomic E-state index is 5.71. The van der Waals surface area contributed by atoms with Gasteiger partial charge in [0.05, 0.1) is 5.69 Å². The minimum absolute atomic E-state index is 0.316. The monoisotopic (exact) mass is 223 g/mol. The number of imidazole rings is 1. The van der Waals surface area contributed by atoms with E-state index in [9.17, 15) is 0 Å². The largest absolute Gasteiger partial charge is 0.307 e. The Balaban J connectivity index is 2.09. The van der Waals surface area contributed by atoms with E-state index in [4.69, 9.17) is 11.6 Å². The van der Waals surface area contributed by atoms with E-state index in [-0.39, 0.29) is 0 Å². The van der Waals surface area contributed by atoms with Crippen molar-refractivity contribution in [3.8, 4) is 0 Å². The lowest BCUT2D eigenvalue weighted by molar-refractivity contribution is 0.587. The van der Waals surface area contributed by atoms with Crippen molar-refractivity contribution in [3.05, 3.63) is 36.3 Å². The second-order valence-corrected chi connectivity index (χ2v) is 3.94. The Hall–Kier alpha value is -1.06. The molecular formula is C11H14ClN3. The van der Waals surface area contributed by atoms with Crippen LogP contribution in [0.4, 0.5) is 0 Å². The number of hydrogen-bond acceptors (Lipinski definition) is 2. The van der Waals surface area contributed by atoms with Crippen LogP contribution in [0.15, 0.2) is 30.6 Å². The van der Waals surface area contributed by atoms with E-state index in [0.29, 0.717) is 11.9 Å². The van der Waals surface area contributed by atoms with Gasteiger partial charge in [0.2, 0.25) is 0 Å². The summed E-state index contributed by atoms with van der Waals surface area (Å²) in [6.45, 7) is 2.82. The highest BCUT2D eigenvalue weighted by Gasteiger charge is 2.02. The van der Waals surface area contributed by atoms with E-state index in [1.807, 2.05) is 35.0 Å². The molecule has 80 valence electrons. The Labute approximate surface area is 94.1 Å². The van der Waals surface area contributed by atoms with Gasteiger partial charge in [0.25, 0.3) is 0 Å². The predicted molar refractivity (Wildman–Crippen MR) is 62.2 cm³/mol. The number of nitrogens with zero attached hydrogens (tertiary/aromatic N) is 2. The Morgan fingerprint density at radius 2 is 2.40 bits per heavy atom. The molecule has 0 radical (unpaired) electrons. The summed E-state index contributed by atoms with van der Waals surface area (Å²) in [5.74, 6) is 0.618. The molecule has 0 spiro atoms. The standard InChI is InChI=1S/C11H14ClN3/c1-9(6-12)13-7-10-8-15-5-3-2-4-11(15)14-10/h2-5,8-9,13H,6-7H2,1H3. The zero-order valence-corrected chi connectivity index (χ0v) is 9.41. The second kappa shape index (κ2) is 4.64. The van der Waals surface area contributed by atoms with Crippen molar-refractivity contribution in [2.75, 3.05) is 5.88 Å². The molecule has 3 nitrogen and oxygen atoms in total. The number of halogens is 1. The summed E-state index contributed by atoms with van der Waals surface area (Å²) in [5, 5.41) is 3.30. The maximum absolute atomic E-state index is 5.71. The van der Waals surface area contributed by atoms with Gasteiger partial charge in [-0.05, 0) is 19.1 Å². The van der Waals surface area contributed by atoms with Crippen LogP contribution in [0.3, 0.4) is 0 Å². The fourth-order valence-corrected chi connectivity index (χ4v) is 1.51. The van der Waals surface area contributed by atoms with Gasteiger partial charge in [-0.25, -0.2) is 4.98 Å². The molecular weight excluding hydrogens is 210 g/mol. The normalized spacial score (nSPS) is 13.2. The topological polar surface area (TPSA) is 29.3 Å². The summed E-state index contributed by atoms with van der Waals surface area (Å²) in [6, 6.07) is 6.29. The number of hydrogen-bond donors (Lipinski definition) is 1. The van der Waals surface area contributed by atoms with Gasteiger partial charge in [-0.3, -0.25) is 0 Å². The molecule has 0 aliphatic heterocycles. The third-order valence-corrected chi connectivity index (χ3v) is 2.74. The van der Waals surface area contributed by atoms with Crippen LogP contribution < -0.4 is 5.32 Å². The van der Waals surface area contributed by atoms with Crippen molar-refractivity contribution in [3.63, 3.8) is 0 Å². The first-order valence-corrected chi connectivity index (χ1v) is 5.55. The lowest BCUT2D eigenvalue weighted by atomic mass is 10.3. The Kier molecular flexibility index (Phi) is 3.23. The average molecular weight is 224 g/mol. The van der Waals surface area contributed by atoms with E-state index in [1.165, 1.54) is 0 Å². The summed E-state index contributed by atoms with van der Waals surface area (Å²) in [4.78, 5) is 4.48. The molecule has 4 heteroatoms. The molecule has 0 aliphatic rings. The highest BCUT2D eigenvalue weighted by atomic mass is 35.5. The zero-order valence-electron chi connectivity index (χ0n) is 8.65. The second-order valence-electron chi connectivity index (χ2n) is 3.63. The van der Waals surface area contributed by atoms with E-state index >= 15 is 0 Å². The number of alkyl halides is 1. The van der Waals surface area contributed by atoms with Gasteiger partial charge in [-0.15, -0.1) is 11.6 Å². The number of aromatic nitrogens is 2. The molecule has 0 saturated carbocycles. The van der Waals surface area contributed by atoms with Crippen molar-refractivity contribution in [2.24, 2.45) is 0 Å².